The highest BCUT2D eigenvalue weighted by Gasteiger charge is 2.22. The second kappa shape index (κ2) is 6.51. The zero-order valence-electron chi connectivity index (χ0n) is 14.0. The number of nitrogens with one attached hydrogen (secondary N) is 1. The average Bonchev–Trinajstić information content (AvgIpc) is 2.47. The number of nitrogens with zero attached hydrogens (tertiary/aromatic N) is 1. The molecule has 0 atom stereocenters. The molecule has 2 amide bonds. The van der Waals surface area contributed by atoms with Gasteiger partial charge in [0.05, 0.1) is 0 Å². The zero-order valence-corrected chi connectivity index (χ0v) is 14.0. The number of carbonyl (C=O) groups is 2. The molecule has 0 radical (unpaired) electrons. The number of likely N-dealkylation sites (tertiary alicyclic amines) is 1. The van der Waals surface area contributed by atoms with E-state index >= 15 is 0 Å². The van der Waals surface area contributed by atoms with Crippen molar-refractivity contribution in [3.63, 3.8) is 0 Å². The van der Waals surface area contributed by atoms with E-state index in [4.69, 9.17) is 0 Å². The van der Waals surface area contributed by atoms with Gasteiger partial charge in [-0.3, -0.25) is 9.59 Å². The molecule has 0 aliphatic carbocycles. The summed E-state index contributed by atoms with van der Waals surface area (Å²) in [5.74, 6) is 0.0873. The van der Waals surface area contributed by atoms with E-state index in [9.17, 15) is 9.59 Å². The van der Waals surface area contributed by atoms with Crippen LogP contribution in [0.4, 0.5) is 0 Å². The molecule has 1 aliphatic heterocycles. The Morgan fingerprint density at radius 2 is 1.64 bits per heavy atom. The minimum atomic E-state index is -0.0262. The molecule has 0 spiro atoms. The van der Waals surface area contributed by atoms with Gasteiger partial charge >= 0.3 is 0 Å². The van der Waals surface area contributed by atoms with Crippen molar-refractivity contribution < 1.29 is 9.59 Å². The Morgan fingerprint density at radius 1 is 1.09 bits per heavy atom. The van der Waals surface area contributed by atoms with Crippen LogP contribution in [-0.2, 0) is 10.2 Å². The number of piperidine rings is 1. The van der Waals surface area contributed by atoms with Crippen LogP contribution in [0.1, 0.15) is 56.5 Å². The lowest BCUT2D eigenvalue weighted by Crippen LogP contribution is -2.46. The molecule has 4 nitrogen and oxygen atoms in total. The van der Waals surface area contributed by atoms with E-state index < -0.39 is 0 Å². The topological polar surface area (TPSA) is 49.4 Å². The highest BCUT2D eigenvalue weighted by atomic mass is 16.2. The number of hydrogen-bond donors (Lipinski definition) is 1. The van der Waals surface area contributed by atoms with E-state index in [0.29, 0.717) is 5.56 Å². The molecule has 4 heteroatoms. The highest BCUT2D eigenvalue weighted by molar-refractivity contribution is 5.94. The SMILES string of the molecule is CC(=O)N1CCC(NC(=O)c2ccc(C(C)(C)C)cc2)CC1. The van der Waals surface area contributed by atoms with Crippen LogP contribution in [0.15, 0.2) is 24.3 Å². The molecule has 1 fully saturated rings. The molecule has 1 saturated heterocycles. The lowest BCUT2D eigenvalue weighted by Gasteiger charge is -2.31. The van der Waals surface area contributed by atoms with Crippen LogP contribution < -0.4 is 5.32 Å². The second-order valence-electron chi connectivity index (χ2n) is 7.08. The van der Waals surface area contributed by atoms with Gasteiger partial charge in [-0.2, -0.15) is 0 Å². The fourth-order valence-electron chi connectivity index (χ4n) is 2.73. The normalized spacial score (nSPS) is 16.5. The highest BCUT2D eigenvalue weighted by Crippen LogP contribution is 2.22. The Kier molecular flexibility index (Phi) is 4.89. The summed E-state index contributed by atoms with van der Waals surface area (Å²) in [7, 11) is 0. The largest absolute Gasteiger partial charge is 0.349 e. The summed E-state index contributed by atoms with van der Waals surface area (Å²) in [6.07, 6.45) is 1.65. The molecule has 0 saturated carbocycles. The average molecular weight is 302 g/mol. The summed E-state index contributed by atoms with van der Waals surface area (Å²) in [5.41, 5.74) is 2.01. The van der Waals surface area contributed by atoms with E-state index in [2.05, 4.69) is 26.1 Å². The van der Waals surface area contributed by atoms with Gasteiger partial charge in [0.15, 0.2) is 0 Å². The standard InChI is InChI=1S/C18H26N2O2/c1-13(21)20-11-9-16(10-12-20)19-17(22)14-5-7-15(8-6-14)18(2,3)4/h5-8,16H,9-12H2,1-4H3,(H,19,22). The number of carbonyl (C=O) groups excluding carboxylic acids is 2. The maximum Gasteiger partial charge on any atom is 0.251 e. The van der Waals surface area contributed by atoms with E-state index in [1.807, 2.05) is 29.2 Å². The molecule has 2 rings (SSSR count). The number of amides is 2. The Balaban J connectivity index is 1.92. The van der Waals surface area contributed by atoms with Crippen molar-refractivity contribution in [2.24, 2.45) is 0 Å². The summed E-state index contributed by atoms with van der Waals surface area (Å²) in [6.45, 7) is 9.52. The Labute approximate surface area is 132 Å². The van der Waals surface area contributed by atoms with Crippen molar-refractivity contribution in [1.29, 1.82) is 0 Å². The molecule has 0 unspecified atom stereocenters. The monoisotopic (exact) mass is 302 g/mol. The van der Waals surface area contributed by atoms with Gasteiger partial charge in [0.1, 0.15) is 0 Å². The number of hydrogen-bond acceptors (Lipinski definition) is 2. The van der Waals surface area contributed by atoms with Crippen LogP contribution in [-0.4, -0.2) is 35.8 Å². The van der Waals surface area contributed by atoms with Gasteiger partial charge in [-0.15, -0.1) is 0 Å². The van der Waals surface area contributed by atoms with Gasteiger partial charge in [-0.05, 0) is 36.0 Å². The molecule has 120 valence electrons. The lowest BCUT2D eigenvalue weighted by molar-refractivity contribution is -0.129. The predicted octanol–water partition coefficient (Wildman–Crippen LogP) is 2.72. The first-order chi connectivity index (χ1) is 10.3. The third-order valence-corrected chi connectivity index (χ3v) is 4.29. The van der Waals surface area contributed by atoms with Gasteiger partial charge in [-0.25, -0.2) is 0 Å². The molecule has 1 aromatic carbocycles. The van der Waals surface area contributed by atoms with E-state index in [-0.39, 0.29) is 23.3 Å². The third-order valence-electron chi connectivity index (χ3n) is 4.29. The Bertz CT molecular complexity index is 535. The Morgan fingerprint density at radius 3 is 2.09 bits per heavy atom. The summed E-state index contributed by atoms with van der Waals surface area (Å²) < 4.78 is 0. The van der Waals surface area contributed by atoms with Crippen molar-refractivity contribution >= 4 is 11.8 Å². The fraction of sp³-hybridized carbons (Fsp3) is 0.556. The molecule has 1 N–H and O–H groups in total. The molecular weight excluding hydrogens is 276 g/mol. The van der Waals surface area contributed by atoms with Crippen LogP contribution in [0.3, 0.4) is 0 Å². The van der Waals surface area contributed by atoms with Crippen molar-refractivity contribution in [1.82, 2.24) is 10.2 Å². The van der Waals surface area contributed by atoms with Crippen LogP contribution in [0, 0.1) is 0 Å². The molecule has 0 aromatic heterocycles. The molecule has 22 heavy (non-hydrogen) atoms. The van der Waals surface area contributed by atoms with Crippen LogP contribution in [0.5, 0.6) is 0 Å². The number of benzene rings is 1. The summed E-state index contributed by atoms with van der Waals surface area (Å²) in [5, 5.41) is 3.08. The van der Waals surface area contributed by atoms with E-state index in [0.717, 1.165) is 25.9 Å². The van der Waals surface area contributed by atoms with Crippen LogP contribution in [0.2, 0.25) is 0 Å². The van der Waals surface area contributed by atoms with Crippen LogP contribution in [0.25, 0.3) is 0 Å². The summed E-state index contributed by atoms with van der Waals surface area (Å²) in [4.78, 5) is 25.4. The van der Waals surface area contributed by atoms with E-state index in [1.165, 1.54) is 5.56 Å². The van der Waals surface area contributed by atoms with Gasteiger partial charge in [-0.1, -0.05) is 32.9 Å². The second-order valence-corrected chi connectivity index (χ2v) is 7.08. The number of rotatable bonds is 2. The lowest BCUT2D eigenvalue weighted by atomic mass is 9.86. The maximum absolute atomic E-state index is 12.3. The molecular formula is C18H26N2O2. The predicted molar refractivity (Wildman–Crippen MR) is 87.9 cm³/mol. The van der Waals surface area contributed by atoms with Gasteiger partial charge in [0.2, 0.25) is 5.91 Å². The molecule has 1 aromatic rings. The molecule has 0 bridgehead atoms. The first-order valence-electron chi connectivity index (χ1n) is 7.94. The summed E-state index contributed by atoms with van der Waals surface area (Å²) in [6, 6.07) is 7.98. The molecule has 1 heterocycles. The van der Waals surface area contributed by atoms with Crippen molar-refractivity contribution in [2.75, 3.05) is 13.1 Å². The van der Waals surface area contributed by atoms with Crippen molar-refractivity contribution in [3.8, 4) is 0 Å². The fourth-order valence-corrected chi connectivity index (χ4v) is 2.73. The van der Waals surface area contributed by atoms with E-state index in [1.54, 1.807) is 6.92 Å². The molecule has 1 aliphatic rings. The van der Waals surface area contributed by atoms with Gasteiger partial charge in [0.25, 0.3) is 5.91 Å². The first kappa shape index (κ1) is 16.5. The van der Waals surface area contributed by atoms with Gasteiger partial charge < -0.3 is 10.2 Å². The quantitative estimate of drug-likeness (QED) is 0.913. The van der Waals surface area contributed by atoms with Gasteiger partial charge in [0, 0.05) is 31.6 Å². The Hall–Kier alpha value is -1.84. The zero-order chi connectivity index (χ0) is 16.3. The smallest absolute Gasteiger partial charge is 0.251 e. The first-order valence-corrected chi connectivity index (χ1v) is 7.94. The van der Waals surface area contributed by atoms with Crippen molar-refractivity contribution in [3.05, 3.63) is 35.4 Å². The summed E-state index contributed by atoms with van der Waals surface area (Å²) >= 11 is 0. The minimum Gasteiger partial charge on any atom is -0.349 e. The third kappa shape index (κ3) is 4.09. The van der Waals surface area contributed by atoms with Crippen molar-refractivity contribution in [2.45, 2.75) is 52.0 Å². The minimum absolute atomic E-state index is 0.0262. The van der Waals surface area contributed by atoms with Crippen LogP contribution >= 0.6 is 0 Å². The maximum atomic E-state index is 12.3.